The van der Waals surface area contributed by atoms with E-state index < -0.39 is 15.9 Å². The van der Waals surface area contributed by atoms with E-state index in [1.807, 2.05) is 13.0 Å². The molecular formula is C11H16O5S2. The zero-order chi connectivity index (χ0) is 13.2. The number of hydrogen-bond acceptors (Lipinski definition) is 6. The first kappa shape index (κ1) is 14.0. The maximum Gasteiger partial charge on any atom is 0.272 e. The summed E-state index contributed by atoms with van der Waals surface area (Å²) < 4.78 is 38.5. The van der Waals surface area contributed by atoms with E-state index in [1.54, 1.807) is 6.07 Å². The van der Waals surface area contributed by atoms with Crippen LogP contribution < -0.4 is 0 Å². The monoisotopic (exact) mass is 292 g/mol. The lowest BCUT2D eigenvalue weighted by atomic mass is 10.2. The Morgan fingerprint density at radius 2 is 2.06 bits per heavy atom. The molecule has 1 aromatic rings. The van der Waals surface area contributed by atoms with Gasteiger partial charge < -0.3 is 9.47 Å². The molecule has 0 unspecified atom stereocenters. The normalized spacial score (nSPS) is 19.2. The van der Waals surface area contributed by atoms with Gasteiger partial charge in [-0.05, 0) is 12.1 Å². The molecule has 1 fully saturated rings. The van der Waals surface area contributed by atoms with Gasteiger partial charge in [0.05, 0.1) is 25.2 Å². The third-order valence-corrected chi connectivity index (χ3v) is 5.39. The van der Waals surface area contributed by atoms with Crippen LogP contribution in [0, 0.1) is 0 Å². The summed E-state index contributed by atoms with van der Waals surface area (Å²) in [4.78, 5) is 1.63. The molecule has 1 aromatic heterocycles. The third kappa shape index (κ3) is 2.75. The topological polar surface area (TPSA) is 61.8 Å². The van der Waals surface area contributed by atoms with Crippen molar-refractivity contribution in [2.45, 2.75) is 24.9 Å². The van der Waals surface area contributed by atoms with Crippen LogP contribution in [0.4, 0.5) is 0 Å². The summed E-state index contributed by atoms with van der Waals surface area (Å²) in [7, 11) is -2.31. The van der Waals surface area contributed by atoms with Gasteiger partial charge in [-0.25, -0.2) is 0 Å². The van der Waals surface area contributed by atoms with E-state index in [0.29, 0.717) is 19.6 Å². The Labute approximate surface area is 111 Å². The predicted octanol–water partition coefficient (Wildman–Crippen LogP) is 1.83. The lowest BCUT2D eigenvalue weighted by molar-refractivity contribution is -0.164. The highest BCUT2D eigenvalue weighted by Crippen LogP contribution is 2.38. The first-order valence-electron chi connectivity index (χ1n) is 5.67. The van der Waals surface area contributed by atoms with Crippen molar-refractivity contribution in [3.63, 3.8) is 0 Å². The van der Waals surface area contributed by atoms with Gasteiger partial charge in [0, 0.05) is 11.3 Å². The summed E-state index contributed by atoms with van der Waals surface area (Å²) in [5.74, 6) is -0.812. The minimum atomic E-state index is -3.48. The van der Waals surface area contributed by atoms with Gasteiger partial charge in [0.25, 0.3) is 10.1 Å². The van der Waals surface area contributed by atoms with Crippen molar-refractivity contribution in [3.8, 4) is 0 Å². The van der Waals surface area contributed by atoms with Crippen molar-refractivity contribution in [2.75, 3.05) is 20.3 Å². The molecule has 5 nitrogen and oxygen atoms in total. The smallest absolute Gasteiger partial charge is 0.272 e. The fourth-order valence-electron chi connectivity index (χ4n) is 1.87. The molecule has 0 saturated carbocycles. The van der Waals surface area contributed by atoms with Gasteiger partial charge >= 0.3 is 0 Å². The van der Waals surface area contributed by atoms with Gasteiger partial charge in [0.1, 0.15) is 5.75 Å². The van der Waals surface area contributed by atoms with E-state index >= 15 is 0 Å². The van der Waals surface area contributed by atoms with Crippen molar-refractivity contribution >= 4 is 21.5 Å². The summed E-state index contributed by atoms with van der Waals surface area (Å²) in [5, 5.41) is 0. The first-order valence-corrected chi connectivity index (χ1v) is 8.06. The van der Waals surface area contributed by atoms with E-state index in [2.05, 4.69) is 4.18 Å². The summed E-state index contributed by atoms with van der Waals surface area (Å²) in [6.45, 7) is 3.12. The van der Waals surface area contributed by atoms with Crippen LogP contribution >= 0.6 is 11.3 Å². The molecule has 0 aromatic carbocycles. The molecule has 1 saturated heterocycles. The van der Waals surface area contributed by atoms with Crippen molar-refractivity contribution < 1.29 is 22.1 Å². The molecule has 2 rings (SSSR count). The molecular weight excluding hydrogens is 276 g/mol. The zero-order valence-electron chi connectivity index (χ0n) is 10.3. The summed E-state index contributed by atoms with van der Waals surface area (Å²) in [5.41, 5.74) is 0. The van der Waals surface area contributed by atoms with E-state index in [-0.39, 0.29) is 5.75 Å². The van der Waals surface area contributed by atoms with E-state index in [0.717, 1.165) is 9.75 Å². The molecule has 0 atom stereocenters. The fraction of sp³-hybridized carbons (Fsp3) is 0.636. The second-order valence-electron chi connectivity index (χ2n) is 3.94. The maximum atomic E-state index is 11.4. The van der Waals surface area contributed by atoms with Gasteiger partial charge in [-0.15, -0.1) is 11.3 Å². The molecule has 0 spiro atoms. The summed E-state index contributed by atoms with van der Waals surface area (Å²) in [6.07, 6.45) is 0.698. The fourth-order valence-corrected chi connectivity index (χ4v) is 4.07. The highest BCUT2D eigenvalue weighted by atomic mass is 32.2. The zero-order valence-corrected chi connectivity index (χ0v) is 12.0. The van der Waals surface area contributed by atoms with Crippen LogP contribution in [0.5, 0.6) is 0 Å². The van der Waals surface area contributed by atoms with Crippen LogP contribution in [0.25, 0.3) is 0 Å². The van der Waals surface area contributed by atoms with Crippen molar-refractivity contribution in [1.82, 2.24) is 0 Å². The Balaban J connectivity index is 2.20. The SMILES string of the molecule is CCC1(c2ccc(CS(=O)(=O)OC)s2)OCCO1. The molecule has 1 aliphatic heterocycles. The quantitative estimate of drug-likeness (QED) is 0.775. The highest BCUT2D eigenvalue weighted by Gasteiger charge is 2.38. The van der Waals surface area contributed by atoms with Gasteiger partial charge in [0.2, 0.25) is 5.79 Å². The summed E-state index contributed by atoms with van der Waals surface area (Å²) >= 11 is 1.39. The van der Waals surface area contributed by atoms with Crippen LogP contribution in [-0.2, 0) is 35.3 Å². The van der Waals surface area contributed by atoms with Crippen molar-refractivity contribution in [1.29, 1.82) is 0 Å². The molecule has 1 aliphatic rings. The largest absolute Gasteiger partial charge is 0.343 e. The Bertz CT molecular complexity index is 499. The summed E-state index contributed by atoms with van der Waals surface area (Å²) in [6, 6.07) is 3.64. The average molecular weight is 292 g/mol. The van der Waals surface area contributed by atoms with Gasteiger partial charge in [-0.3, -0.25) is 4.18 Å². The Morgan fingerprint density at radius 1 is 1.39 bits per heavy atom. The van der Waals surface area contributed by atoms with Gasteiger partial charge in [0.15, 0.2) is 0 Å². The molecule has 0 aliphatic carbocycles. The molecule has 0 amide bonds. The minimum Gasteiger partial charge on any atom is -0.343 e. The molecule has 0 radical (unpaired) electrons. The Morgan fingerprint density at radius 3 is 2.61 bits per heavy atom. The van der Waals surface area contributed by atoms with Gasteiger partial charge in [-0.1, -0.05) is 6.92 Å². The van der Waals surface area contributed by atoms with Crippen molar-refractivity contribution in [3.05, 3.63) is 21.9 Å². The average Bonchev–Trinajstić information content (AvgIpc) is 2.97. The van der Waals surface area contributed by atoms with E-state index in [4.69, 9.17) is 9.47 Å². The molecule has 18 heavy (non-hydrogen) atoms. The molecule has 0 N–H and O–H groups in total. The molecule has 0 bridgehead atoms. The van der Waals surface area contributed by atoms with Crippen LogP contribution in [0.2, 0.25) is 0 Å². The second kappa shape index (κ2) is 5.26. The van der Waals surface area contributed by atoms with Crippen LogP contribution in [0.3, 0.4) is 0 Å². The van der Waals surface area contributed by atoms with E-state index in [1.165, 1.54) is 18.4 Å². The number of ether oxygens (including phenoxy) is 2. The van der Waals surface area contributed by atoms with Crippen LogP contribution in [0.15, 0.2) is 12.1 Å². The number of hydrogen-bond donors (Lipinski definition) is 0. The van der Waals surface area contributed by atoms with Crippen LogP contribution in [-0.4, -0.2) is 28.7 Å². The van der Waals surface area contributed by atoms with Crippen LogP contribution in [0.1, 0.15) is 23.1 Å². The maximum absolute atomic E-state index is 11.4. The first-order chi connectivity index (χ1) is 8.51. The number of rotatable bonds is 5. The lowest BCUT2D eigenvalue weighted by Gasteiger charge is -2.24. The molecule has 2 heterocycles. The van der Waals surface area contributed by atoms with Crippen molar-refractivity contribution in [2.24, 2.45) is 0 Å². The molecule has 102 valence electrons. The predicted molar refractivity (Wildman–Crippen MR) is 67.8 cm³/mol. The third-order valence-electron chi connectivity index (χ3n) is 2.83. The van der Waals surface area contributed by atoms with Gasteiger partial charge in [-0.2, -0.15) is 8.42 Å². The highest BCUT2D eigenvalue weighted by molar-refractivity contribution is 7.86. The number of thiophene rings is 1. The molecule has 7 heteroatoms. The lowest BCUT2D eigenvalue weighted by Crippen LogP contribution is -2.24. The second-order valence-corrected chi connectivity index (χ2v) is 6.84. The standard InChI is InChI=1S/C11H16O5S2/c1-3-11(15-6-7-16-11)10-5-4-9(17-10)8-18(12,13)14-2/h4-5H,3,6-8H2,1-2H3. The Hall–Kier alpha value is -0.470. The van der Waals surface area contributed by atoms with E-state index in [9.17, 15) is 8.42 Å². The Kier molecular flexibility index (Phi) is 4.08. The minimum absolute atomic E-state index is 0.117.